The average molecular weight is 492 g/mol. The zero-order valence-corrected chi connectivity index (χ0v) is 20.4. The van der Waals surface area contributed by atoms with Crippen LogP contribution in [0.1, 0.15) is 29.3 Å². The van der Waals surface area contributed by atoms with Crippen molar-refractivity contribution < 1.29 is 19.1 Å². The number of aryl methyl sites for hydroxylation is 1. The largest absolute Gasteiger partial charge is 0.491 e. The molecule has 0 spiro atoms. The van der Waals surface area contributed by atoms with Crippen LogP contribution >= 0.6 is 12.2 Å². The van der Waals surface area contributed by atoms with Gasteiger partial charge in [0.05, 0.1) is 6.61 Å². The number of amides is 2. The zero-order valence-electron chi connectivity index (χ0n) is 19.6. The summed E-state index contributed by atoms with van der Waals surface area (Å²) in [6.07, 6.45) is 1.05. The SMILES string of the molecule is CCOCCOc1cccc(C(=O)NC(=S)Nc2cccc(NC(=O)CCc3ccccc3)c2)c1. The van der Waals surface area contributed by atoms with E-state index in [1.165, 1.54) is 0 Å². The van der Waals surface area contributed by atoms with Gasteiger partial charge in [-0.1, -0.05) is 42.5 Å². The van der Waals surface area contributed by atoms with E-state index in [0.29, 0.717) is 55.4 Å². The summed E-state index contributed by atoms with van der Waals surface area (Å²) in [4.78, 5) is 24.9. The van der Waals surface area contributed by atoms with Gasteiger partial charge in [-0.05, 0) is 67.5 Å². The number of carbonyl (C=O) groups excluding carboxylic acids is 2. The van der Waals surface area contributed by atoms with Crippen molar-refractivity contribution in [2.45, 2.75) is 19.8 Å². The van der Waals surface area contributed by atoms with Crippen LogP contribution in [0, 0.1) is 0 Å². The molecule has 2 amide bonds. The Hall–Kier alpha value is -3.75. The maximum Gasteiger partial charge on any atom is 0.257 e. The molecule has 0 heterocycles. The Morgan fingerprint density at radius 2 is 1.60 bits per heavy atom. The highest BCUT2D eigenvalue weighted by Gasteiger charge is 2.10. The van der Waals surface area contributed by atoms with Crippen LogP contribution < -0.4 is 20.7 Å². The lowest BCUT2D eigenvalue weighted by atomic mass is 10.1. The predicted octanol–water partition coefficient (Wildman–Crippen LogP) is 4.80. The van der Waals surface area contributed by atoms with Crippen LogP contribution in [0.15, 0.2) is 78.9 Å². The van der Waals surface area contributed by atoms with Crippen LogP contribution in [-0.4, -0.2) is 36.7 Å². The quantitative estimate of drug-likeness (QED) is 0.264. The molecule has 7 nitrogen and oxygen atoms in total. The molecule has 0 aliphatic rings. The van der Waals surface area contributed by atoms with E-state index < -0.39 is 0 Å². The third-order valence-electron chi connectivity index (χ3n) is 4.91. The van der Waals surface area contributed by atoms with Crippen LogP contribution in [0.4, 0.5) is 11.4 Å². The maximum absolute atomic E-state index is 12.6. The van der Waals surface area contributed by atoms with Crippen molar-refractivity contribution in [3.8, 4) is 5.75 Å². The van der Waals surface area contributed by atoms with Crippen LogP contribution in [0.5, 0.6) is 5.75 Å². The number of rotatable bonds is 11. The smallest absolute Gasteiger partial charge is 0.257 e. The van der Waals surface area contributed by atoms with Gasteiger partial charge in [0.25, 0.3) is 5.91 Å². The summed E-state index contributed by atoms with van der Waals surface area (Å²) < 4.78 is 10.8. The number of thiocarbonyl (C=S) groups is 1. The van der Waals surface area contributed by atoms with Crippen LogP contribution in [-0.2, 0) is 16.0 Å². The average Bonchev–Trinajstić information content (AvgIpc) is 2.86. The van der Waals surface area contributed by atoms with E-state index in [9.17, 15) is 9.59 Å². The lowest BCUT2D eigenvalue weighted by Crippen LogP contribution is -2.34. The third kappa shape index (κ3) is 9.19. The van der Waals surface area contributed by atoms with Crippen LogP contribution in [0.25, 0.3) is 0 Å². The van der Waals surface area contributed by atoms with E-state index in [2.05, 4.69) is 16.0 Å². The summed E-state index contributed by atoms with van der Waals surface area (Å²) in [6, 6.07) is 23.9. The van der Waals surface area contributed by atoms with E-state index in [-0.39, 0.29) is 16.9 Å². The number of nitrogens with one attached hydrogen (secondary N) is 3. The lowest BCUT2D eigenvalue weighted by molar-refractivity contribution is -0.116. The van der Waals surface area contributed by atoms with Crippen molar-refractivity contribution in [2.24, 2.45) is 0 Å². The van der Waals surface area contributed by atoms with Crippen LogP contribution in [0.3, 0.4) is 0 Å². The second-order valence-electron chi connectivity index (χ2n) is 7.60. The first-order valence-electron chi connectivity index (χ1n) is 11.4. The van der Waals surface area contributed by atoms with Gasteiger partial charge in [0.15, 0.2) is 5.11 Å². The Kier molecular flexibility index (Phi) is 10.2. The second kappa shape index (κ2) is 13.8. The first-order chi connectivity index (χ1) is 17.0. The molecule has 3 aromatic rings. The molecule has 0 aliphatic carbocycles. The molecule has 0 saturated heterocycles. The van der Waals surface area contributed by atoms with Gasteiger partial charge < -0.3 is 20.1 Å². The molecule has 0 aliphatic heterocycles. The molecule has 0 bridgehead atoms. The van der Waals surface area contributed by atoms with E-state index >= 15 is 0 Å². The van der Waals surface area contributed by atoms with Gasteiger partial charge in [-0.25, -0.2) is 0 Å². The van der Waals surface area contributed by atoms with E-state index in [1.807, 2.05) is 37.3 Å². The number of hydrogen-bond acceptors (Lipinski definition) is 5. The summed E-state index contributed by atoms with van der Waals surface area (Å²) >= 11 is 5.29. The molecule has 8 heteroatoms. The molecule has 182 valence electrons. The van der Waals surface area contributed by atoms with Gasteiger partial charge in [0.2, 0.25) is 5.91 Å². The van der Waals surface area contributed by atoms with Crippen LogP contribution in [0.2, 0.25) is 0 Å². The minimum Gasteiger partial charge on any atom is -0.491 e. The minimum absolute atomic E-state index is 0.0785. The number of ether oxygens (including phenoxy) is 2. The summed E-state index contributed by atoms with van der Waals surface area (Å²) in [7, 11) is 0. The van der Waals surface area contributed by atoms with Gasteiger partial charge in [0.1, 0.15) is 12.4 Å². The Morgan fingerprint density at radius 1 is 0.857 bits per heavy atom. The fraction of sp³-hybridized carbons (Fsp3) is 0.222. The summed E-state index contributed by atoms with van der Waals surface area (Å²) in [5, 5.41) is 8.67. The van der Waals surface area contributed by atoms with Crippen molar-refractivity contribution in [2.75, 3.05) is 30.5 Å². The van der Waals surface area contributed by atoms with Crippen molar-refractivity contribution in [3.63, 3.8) is 0 Å². The highest BCUT2D eigenvalue weighted by molar-refractivity contribution is 7.80. The molecular weight excluding hydrogens is 462 g/mol. The van der Waals surface area contributed by atoms with Gasteiger partial charge in [-0.3, -0.25) is 14.9 Å². The highest BCUT2D eigenvalue weighted by Crippen LogP contribution is 2.16. The number of benzene rings is 3. The molecule has 0 fully saturated rings. The Morgan fingerprint density at radius 3 is 2.37 bits per heavy atom. The molecule has 0 radical (unpaired) electrons. The highest BCUT2D eigenvalue weighted by atomic mass is 32.1. The molecule has 0 aromatic heterocycles. The molecule has 3 rings (SSSR count). The molecule has 0 saturated carbocycles. The second-order valence-corrected chi connectivity index (χ2v) is 8.00. The molecular formula is C27H29N3O4S. The minimum atomic E-state index is -0.358. The normalized spacial score (nSPS) is 10.3. The molecule has 3 N–H and O–H groups in total. The van der Waals surface area contributed by atoms with Gasteiger partial charge in [-0.2, -0.15) is 0 Å². The van der Waals surface area contributed by atoms with Crippen molar-refractivity contribution >= 4 is 40.5 Å². The van der Waals surface area contributed by atoms with Crippen molar-refractivity contribution in [1.29, 1.82) is 0 Å². The monoisotopic (exact) mass is 491 g/mol. The van der Waals surface area contributed by atoms with E-state index in [1.54, 1.807) is 48.5 Å². The van der Waals surface area contributed by atoms with Gasteiger partial charge in [0, 0.05) is 30.0 Å². The summed E-state index contributed by atoms with van der Waals surface area (Å²) in [5.74, 6) is 0.139. The molecule has 3 aromatic carbocycles. The number of carbonyl (C=O) groups is 2. The fourth-order valence-corrected chi connectivity index (χ4v) is 3.44. The summed E-state index contributed by atoms with van der Waals surface area (Å²) in [5.41, 5.74) is 2.81. The lowest BCUT2D eigenvalue weighted by Gasteiger charge is -2.12. The van der Waals surface area contributed by atoms with Crippen molar-refractivity contribution in [3.05, 3.63) is 90.0 Å². The summed E-state index contributed by atoms with van der Waals surface area (Å²) in [6.45, 7) is 3.42. The van der Waals surface area contributed by atoms with E-state index in [0.717, 1.165) is 5.56 Å². The zero-order chi connectivity index (χ0) is 24.9. The topological polar surface area (TPSA) is 88.7 Å². The predicted molar refractivity (Wildman–Crippen MR) is 142 cm³/mol. The van der Waals surface area contributed by atoms with Crippen molar-refractivity contribution in [1.82, 2.24) is 5.32 Å². The Labute approximate surface area is 210 Å². The third-order valence-corrected chi connectivity index (χ3v) is 5.12. The maximum atomic E-state index is 12.6. The fourth-order valence-electron chi connectivity index (χ4n) is 3.23. The molecule has 35 heavy (non-hydrogen) atoms. The standard InChI is InChI=1S/C27H29N3O4S/c1-2-33-16-17-34-24-13-6-10-21(18-24)26(32)30-27(35)29-23-12-7-11-22(19-23)28-25(31)15-14-20-8-4-3-5-9-20/h3-13,18-19H,2,14-17H2,1H3,(H,28,31)(H2,29,30,32,35). The Bertz CT molecular complexity index is 1140. The molecule has 0 atom stereocenters. The first kappa shape index (κ1) is 25.9. The van der Waals surface area contributed by atoms with E-state index in [4.69, 9.17) is 21.7 Å². The van der Waals surface area contributed by atoms with Gasteiger partial charge >= 0.3 is 0 Å². The number of hydrogen-bond donors (Lipinski definition) is 3. The van der Waals surface area contributed by atoms with Gasteiger partial charge in [-0.15, -0.1) is 0 Å². The molecule has 0 unspecified atom stereocenters. The Balaban J connectivity index is 1.48. The number of anilines is 2. The first-order valence-corrected chi connectivity index (χ1v) is 11.8.